The lowest BCUT2D eigenvalue weighted by Crippen LogP contribution is -2.48. The highest BCUT2D eigenvalue weighted by Crippen LogP contribution is 2.34. The fourth-order valence-corrected chi connectivity index (χ4v) is 3.67. The zero-order valence-corrected chi connectivity index (χ0v) is 19.9. The molecule has 10 heteroatoms. The smallest absolute Gasteiger partial charge is 0.405 e. The molecule has 32 heavy (non-hydrogen) atoms. The number of halogens is 5. The van der Waals surface area contributed by atoms with Gasteiger partial charge in [-0.25, -0.2) is 4.39 Å². The Balaban J connectivity index is 0.00000363. The number of hydrogen-bond acceptors (Lipinski definition) is 3. The van der Waals surface area contributed by atoms with Crippen molar-refractivity contribution in [3.05, 3.63) is 65.5 Å². The Labute approximate surface area is 201 Å². The molecule has 0 saturated carbocycles. The monoisotopic (exact) mass is 567 g/mol. The first-order chi connectivity index (χ1) is 14.8. The number of para-hydroxylation sites is 1. The van der Waals surface area contributed by atoms with E-state index in [1.165, 1.54) is 24.3 Å². The van der Waals surface area contributed by atoms with Crippen molar-refractivity contribution in [3.63, 3.8) is 0 Å². The van der Waals surface area contributed by atoms with E-state index in [-0.39, 0.29) is 47.5 Å². The van der Waals surface area contributed by atoms with E-state index in [4.69, 9.17) is 4.74 Å². The molecule has 176 valence electrons. The summed E-state index contributed by atoms with van der Waals surface area (Å²) in [7, 11) is 1.58. The maximum atomic E-state index is 13.8. The minimum atomic E-state index is -4.77. The number of guanidine groups is 1. The van der Waals surface area contributed by atoms with Crippen molar-refractivity contribution >= 4 is 29.9 Å². The molecule has 0 aliphatic carbocycles. The molecule has 1 heterocycles. The number of rotatable bonds is 6. The van der Waals surface area contributed by atoms with Crippen LogP contribution in [0.4, 0.5) is 17.6 Å². The summed E-state index contributed by atoms with van der Waals surface area (Å²) >= 11 is 0. The van der Waals surface area contributed by atoms with Crippen molar-refractivity contribution < 1.29 is 27.0 Å². The molecule has 5 nitrogen and oxygen atoms in total. The average molecular weight is 567 g/mol. The Morgan fingerprint density at radius 3 is 2.47 bits per heavy atom. The fourth-order valence-electron chi connectivity index (χ4n) is 3.67. The van der Waals surface area contributed by atoms with E-state index < -0.39 is 6.36 Å². The van der Waals surface area contributed by atoms with Gasteiger partial charge in [-0.15, -0.1) is 37.1 Å². The molecule has 3 rings (SSSR count). The highest BCUT2D eigenvalue weighted by atomic mass is 127. The third kappa shape index (κ3) is 7.22. The van der Waals surface area contributed by atoms with Gasteiger partial charge >= 0.3 is 6.36 Å². The third-order valence-corrected chi connectivity index (χ3v) is 5.35. The van der Waals surface area contributed by atoms with E-state index in [0.29, 0.717) is 44.1 Å². The summed E-state index contributed by atoms with van der Waals surface area (Å²) in [4.78, 5) is 4.16. The fraction of sp³-hybridized carbons (Fsp3) is 0.409. The maximum Gasteiger partial charge on any atom is 0.573 e. The van der Waals surface area contributed by atoms with Crippen LogP contribution in [0.5, 0.6) is 5.75 Å². The Morgan fingerprint density at radius 2 is 1.81 bits per heavy atom. The van der Waals surface area contributed by atoms with E-state index in [2.05, 4.69) is 20.4 Å². The second kappa shape index (κ2) is 11.7. The predicted molar refractivity (Wildman–Crippen MR) is 125 cm³/mol. The average Bonchev–Trinajstić information content (AvgIpc) is 2.74. The molecule has 2 N–H and O–H groups in total. The molecule has 0 unspecified atom stereocenters. The lowest BCUT2D eigenvalue weighted by Gasteiger charge is -2.38. The molecule has 1 fully saturated rings. The summed E-state index contributed by atoms with van der Waals surface area (Å²) in [6.45, 7) is 1.68. The van der Waals surface area contributed by atoms with Gasteiger partial charge in [-0.2, -0.15) is 0 Å². The van der Waals surface area contributed by atoms with Crippen LogP contribution in [0.3, 0.4) is 0 Å². The first-order valence-corrected chi connectivity index (χ1v) is 9.93. The molecule has 2 aromatic rings. The zero-order chi connectivity index (χ0) is 22.3. The lowest BCUT2D eigenvalue weighted by molar-refractivity contribution is -0.274. The van der Waals surface area contributed by atoms with Gasteiger partial charge in [-0.1, -0.05) is 30.3 Å². The van der Waals surface area contributed by atoms with Gasteiger partial charge in [0.1, 0.15) is 11.6 Å². The lowest BCUT2D eigenvalue weighted by atomic mass is 9.74. The quantitative estimate of drug-likeness (QED) is 0.229. The highest BCUT2D eigenvalue weighted by Gasteiger charge is 2.35. The minimum absolute atomic E-state index is 0. The maximum absolute atomic E-state index is 13.8. The third-order valence-electron chi connectivity index (χ3n) is 5.35. The van der Waals surface area contributed by atoms with Gasteiger partial charge in [0, 0.05) is 44.3 Å². The van der Waals surface area contributed by atoms with Crippen LogP contribution in [0.25, 0.3) is 0 Å². The van der Waals surface area contributed by atoms with Crippen molar-refractivity contribution in [3.8, 4) is 5.75 Å². The van der Waals surface area contributed by atoms with Crippen LogP contribution in [0, 0.1) is 5.82 Å². The predicted octanol–water partition coefficient (Wildman–Crippen LogP) is 4.76. The Morgan fingerprint density at radius 1 is 1.09 bits per heavy atom. The van der Waals surface area contributed by atoms with Gasteiger partial charge in [0.15, 0.2) is 5.96 Å². The van der Waals surface area contributed by atoms with Crippen LogP contribution < -0.4 is 15.4 Å². The van der Waals surface area contributed by atoms with E-state index in [9.17, 15) is 17.6 Å². The first kappa shape index (κ1) is 26.2. The molecule has 1 aliphatic heterocycles. The van der Waals surface area contributed by atoms with Gasteiger partial charge in [0.25, 0.3) is 0 Å². The van der Waals surface area contributed by atoms with Gasteiger partial charge in [0.05, 0.1) is 0 Å². The molecule has 1 aliphatic rings. The van der Waals surface area contributed by atoms with Crippen molar-refractivity contribution in [1.82, 2.24) is 10.6 Å². The van der Waals surface area contributed by atoms with Crippen molar-refractivity contribution in [1.29, 1.82) is 0 Å². The number of aliphatic imine (C=N–C) groups is 1. The van der Waals surface area contributed by atoms with Crippen LogP contribution in [0.1, 0.15) is 24.0 Å². The standard InChI is InChI=1S/C22H25F4N3O2.HI/c1-27-20(28-14-16-5-2-3-8-19(16)31-22(24,25)26)29-15-21(9-11-30-12-10-21)17-6-4-7-18(23)13-17;/h2-8,13H,9-12,14-15H2,1H3,(H2,27,28,29);1H. The molecule has 0 bridgehead atoms. The molecule has 0 spiro atoms. The molecular formula is C22H26F4IN3O2. The van der Waals surface area contributed by atoms with E-state index in [1.807, 2.05) is 6.07 Å². The second-order valence-corrected chi connectivity index (χ2v) is 7.34. The largest absolute Gasteiger partial charge is 0.573 e. The van der Waals surface area contributed by atoms with Crippen LogP contribution in [0.15, 0.2) is 53.5 Å². The minimum Gasteiger partial charge on any atom is -0.405 e. The number of nitrogens with zero attached hydrogens (tertiary/aromatic N) is 1. The molecule has 0 atom stereocenters. The molecule has 0 amide bonds. The zero-order valence-electron chi connectivity index (χ0n) is 17.5. The van der Waals surface area contributed by atoms with E-state index >= 15 is 0 Å². The van der Waals surface area contributed by atoms with Crippen molar-refractivity contribution in [2.75, 3.05) is 26.8 Å². The van der Waals surface area contributed by atoms with Crippen LogP contribution in [0.2, 0.25) is 0 Å². The summed E-state index contributed by atoms with van der Waals surface area (Å²) in [5, 5.41) is 6.25. The summed E-state index contributed by atoms with van der Waals surface area (Å²) in [5.41, 5.74) is 0.881. The van der Waals surface area contributed by atoms with Gasteiger partial charge in [0.2, 0.25) is 0 Å². The molecular weight excluding hydrogens is 541 g/mol. The number of ether oxygens (including phenoxy) is 2. The molecule has 0 radical (unpaired) electrons. The first-order valence-electron chi connectivity index (χ1n) is 9.93. The molecule has 1 saturated heterocycles. The number of alkyl halides is 3. The normalized spacial score (nSPS) is 16.1. The summed E-state index contributed by atoms with van der Waals surface area (Å²) in [5.74, 6) is -0.144. The van der Waals surface area contributed by atoms with Crippen LogP contribution >= 0.6 is 24.0 Å². The molecule has 2 aromatic carbocycles. The summed E-state index contributed by atoms with van der Waals surface area (Å²) < 4.78 is 61.3. The van der Waals surface area contributed by atoms with E-state index in [0.717, 1.165) is 5.56 Å². The van der Waals surface area contributed by atoms with Gasteiger partial charge in [-0.05, 0) is 36.6 Å². The Bertz CT molecular complexity index is 903. The van der Waals surface area contributed by atoms with Crippen LogP contribution in [-0.2, 0) is 16.7 Å². The Hall–Kier alpha value is -2.08. The summed E-state index contributed by atoms with van der Waals surface area (Å²) in [6, 6.07) is 12.5. The SMILES string of the molecule is CN=C(NCc1ccccc1OC(F)(F)F)NCC1(c2cccc(F)c2)CCOCC1.I. The summed E-state index contributed by atoms with van der Waals surface area (Å²) in [6.07, 6.45) is -3.35. The Kier molecular flexibility index (Phi) is 9.56. The van der Waals surface area contributed by atoms with Gasteiger partial charge < -0.3 is 20.1 Å². The number of benzene rings is 2. The topological polar surface area (TPSA) is 54.9 Å². The number of nitrogens with one attached hydrogen (secondary N) is 2. The number of hydrogen-bond donors (Lipinski definition) is 2. The van der Waals surface area contributed by atoms with Crippen molar-refractivity contribution in [2.45, 2.75) is 31.2 Å². The molecule has 0 aromatic heterocycles. The van der Waals surface area contributed by atoms with E-state index in [1.54, 1.807) is 25.2 Å². The van der Waals surface area contributed by atoms with Gasteiger partial charge in [-0.3, -0.25) is 4.99 Å². The highest BCUT2D eigenvalue weighted by molar-refractivity contribution is 14.0. The van der Waals surface area contributed by atoms with Crippen LogP contribution in [-0.4, -0.2) is 39.1 Å². The van der Waals surface area contributed by atoms with Crippen molar-refractivity contribution in [2.24, 2.45) is 4.99 Å². The second-order valence-electron chi connectivity index (χ2n) is 7.34.